The number of halogens is 3. The third-order valence-corrected chi connectivity index (χ3v) is 6.67. The molecule has 0 spiro atoms. The van der Waals surface area contributed by atoms with E-state index in [4.69, 9.17) is 0 Å². The van der Waals surface area contributed by atoms with E-state index in [-0.39, 0.29) is 0 Å². The molecule has 2 aromatic carbocycles. The Labute approximate surface area is 157 Å². The van der Waals surface area contributed by atoms with Crippen LogP contribution in [0.25, 0.3) is 10.9 Å². The second-order valence-corrected chi connectivity index (χ2v) is 8.89. The van der Waals surface area contributed by atoms with Crippen LogP contribution in [0.15, 0.2) is 45.8 Å². The third kappa shape index (κ3) is 2.95. The summed E-state index contributed by atoms with van der Waals surface area (Å²) in [4.78, 5) is 2.32. The lowest BCUT2D eigenvalue weighted by Crippen LogP contribution is -2.32. The van der Waals surface area contributed by atoms with Gasteiger partial charge in [-0.05, 0) is 55.2 Å². The molecular formula is C18H15BrF2N2O2S. The molecule has 1 aliphatic rings. The van der Waals surface area contributed by atoms with Gasteiger partial charge in [-0.2, -0.15) is 0 Å². The van der Waals surface area contributed by atoms with Gasteiger partial charge in [-0.25, -0.2) is 21.9 Å². The highest BCUT2D eigenvalue weighted by Gasteiger charge is 2.31. The van der Waals surface area contributed by atoms with Crippen molar-refractivity contribution in [2.24, 2.45) is 0 Å². The zero-order chi connectivity index (χ0) is 18.5. The minimum Gasteiger partial charge on any atom is -0.357 e. The molecule has 0 bridgehead atoms. The fourth-order valence-corrected chi connectivity index (χ4v) is 5.28. The highest BCUT2D eigenvalue weighted by Crippen LogP contribution is 2.36. The van der Waals surface area contributed by atoms with Crippen molar-refractivity contribution >= 4 is 36.9 Å². The Bertz CT molecular complexity index is 1090. The number of benzene rings is 2. The van der Waals surface area contributed by atoms with Crippen molar-refractivity contribution in [3.8, 4) is 0 Å². The number of nitrogens with one attached hydrogen (secondary N) is 2. The largest absolute Gasteiger partial charge is 0.357 e. The fourth-order valence-electron chi connectivity index (χ4n) is 3.54. The molecular weight excluding hydrogens is 426 g/mol. The first-order valence-corrected chi connectivity index (χ1v) is 10.4. The Kier molecular flexibility index (Phi) is 4.37. The summed E-state index contributed by atoms with van der Waals surface area (Å²) in [7, 11) is -4.34. The topological polar surface area (TPSA) is 62.0 Å². The lowest BCUT2D eigenvalue weighted by Gasteiger charge is -2.24. The van der Waals surface area contributed by atoms with Gasteiger partial charge in [0.1, 0.15) is 11.6 Å². The van der Waals surface area contributed by atoms with Crippen LogP contribution >= 0.6 is 15.9 Å². The Balaban J connectivity index is 1.76. The molecule has 0 amide bonds. The van der Waals surface area contributed by atoms with E-state index in [0.29, 0.717) is 6.42 Å². The van der Waals surface area contributed by atoms with Crippen molar-refractivity contribution in [1.82, 2.24) is 9.71 Å². The van der Waals surface area contributed by atoms with Crippen LogP contribution in [-0.4, -0.2) is 13.4 Å². The summed E-state index contributed by atoms with van der Waals surface area (Å²) in [6.07, 6.45) is 2.15. The molecule has 0 aliphatic heterocycles. The summed E-state index contributed by atoms with van der Waals surface area (Å²) in [6.45, 7) is 0. The lowest BCUT2D eigenvalue weighted by molar-refractivity contribution is 0.483. The summed E-state index contributed by atoms with van der Waals surface area (Å²) in [5.74, 6) is -2.21. The Morgan fingerprint density at radius 1 is 1.15 bits per heavy atom. The molecule has 136 valence electrons. The first-order chi connectivity index (χ1) is 12.4. The number of hydrogen-bond acceptors (Lipinski definition) is 2. The average Bonchev–Trinajstić information content (AvgIpc) is 2.93. The van der Waals surface area contributed by atoms with E-state index in [2.05, 4.69) is 25.6 Å². The molecule has 0 saturated heterocycles. The van der Waals surface area contributed by atoms with Crippen molar-refractivity contribution in [3.63, 3.8) is 0 Å². The van der Waals surface area contributed by atoms with Crippen LogP contribution in [-0.2, 0) is 16.4 Å². The molecule has 8 heteroatoms. The number of H-pyrrole nitrogens is 1. The Hall–Kier alpha value is -1.77. The van der Waals surface area contributed by atoms with Crippen LogP contribution in [0.5, 0.6) is 0 Å². The number of hydrogen-bond donors (Lipinski definition) is 2. The molecule has 2 N–H and O–H groups in total. The van der Waals surface area contributed by atoms with E-state index in [1.54, 1.807) is 0 Å². The summed E-state index contributed by atoms with van der Waals surface area (Å²) >= 11 is 3.45. The number of fused-ring (bicyclic) bond motifs is 3. The first-order valence-electron chi connectivity index (χ1n) is 8.13. The monoisotopic (exact) mass is 440 g/mol. The molecule has 0 saturated carbocycles. The van der Waals surface area contributed by atoms with Crippen LogP contribution in [0.2, 0.25) is 0 Å². The predicted octanol–water partition coefficient (Wildman–Crippen LogP) is 4.56. The van der Waals surface area contributed by atoms with Gasteiger partial charge in [0.25, 0.3) is 0 Å². The molecule has 4 nitrogen and oxygen atoms in total. The predicted molar refractivity (Wildman–Crippen MR) is 98.4 cm³/mol. The van der Waals surface area contributed by atoms with Crippen LogP contribution in [0.1, 0.15) is 30.1 Å². The SMILES string of the molecule is O=S(=O)(NC1CCCc2c1[nH]c1ccc(Br)cc21)c1c(F)cccc1F. The summed E-state index contributed by atoms with van der Waals surface area (Å²) in [5, 5.41) is 1.02. The van der Waals surface area contributed by atoms with Crippen molar-refractivity contribution in [1.29, 1.82) is 0 Å². The van der Waals surface area contributed by atoms with E-state index in [1.165, 1.54) is 0 Å². The fraction of sp³-hybridized carbons (Fsp3) is 0.222. The van der Waals surface area contributed by atoms with Gasteiger partial charge in [-0.1, -0.05) is 22.0 Å². The maximum atomic E-state index is 13.9. The summed E-state index contributed by atoms with van der Waals surface area (Å²) in [6, 6.07) is 8.25. The number of rotatable bonds is 3. The highest BCUT2D eigenvalue weighted by molar-refractivity contribution is 9.10. The normalized spacial score (nSPS) is 17.4. The van der Waals surface area contributed by atoms with Gasteiger partial charge in [0.05, 0.1) is 6.04 Å². The smallest absolute Gasteiger partial charge is 0.247 e. The van der Waals surface area contributed by atoms with E-state index in [1.807, 2.05) is 18.2 Å². The third-order valence-electron chi connectivity index (χ3n) is 4.65. The van der Waals surface area contributed by atoms with E-state index in [0.717, 1.165) is 57.7 Å². The number of aromatic nitrogens is 1. The molecule has 1 atom stereocenters. The molecule has 1 aliphatic carbocycles. The average molecular weight is 441 g/mol. The molecule has 0 fully saturated rings. The Morgan fingerprint density at radius 2 is 1.88 bits per heavy atom. The van der Waals surface area contributed by atoms with E-state index >= 15 is 0 Å². The molecule has 1 aromatic heterocycles. The molecule has 26 heavy (non-hydrogen) atoms. The van der Waals surface area contributed by atoms with Crippen molar-refractivity contribution in [3.05, 3.63) is 63.8 Å². The maximum Gasteiger partial charge on any atom is 0.247 e. The van der Waals surface area contributed by atoms with E-state index < -0.39 is 32.6 Å². The van der Waals surface area contributed by atoms with Crippen LogP contribution in [0.3, 0.4) is 0 Å². The van der Waals surface area contributed by atoms with Gasteiger partial charge in [-0.3, -0.25) is 0 Å². The van der Waals surface area contributed by atoms with Gasteiger partial charge < -0.3 is 4.98 Å². The summed E-state index contributed by atoms with van der Waals surface area (Å²) < 4.78 is 56.5. The minimum atomic E-state index is -4.34. The first kappa shape index (κ1) is 17.6. The molecule has 0 radical (unpaired) electrons. The second-order valence-electron chi connectivity index (χ2n) is 6.32. The van der Waals surface area contributed by atoms with Crippen LogP contribution in [0, 0.1) is 11.6 Å². The highest BCUT2D eigenvalue weighted by atomic mass is 79.9. The van der Waals surface area contributed by atoms with Crippen molar-refractivity contribution in [2.45, 2.75) is 30.2 Å². The van der Waals surface area contributed by atoms with E-state index in [9.17, 15) is 17.2 Å². The van der Waals surface area contributed by atoms with Crippen molar-refractivity contribution < 1.29 is 17.2 Å². The molecule has 1 unspecified atom stereocenters. The van der Waals surface area contributed by atoms with Crippen LogP contribution in [0.4, 0.5) is 8.78 Å². The van der Waals surface area contributed by atoms with Gasteiger partial charge in [-0.15, -0.1) is 0 Å². The molecule has 1 heterocycles. The summed E-state index contributed by atoms with van der Waals surface area (Å²) in [5.41, 5.74) is 2.69. The molecule has 4 rings (SSSR count). The van der Waals surface area contributed by atoms with Gasteiger partial charge in [0.15, 0.2) is 4.90 Å². The van der Waals surface area contributed by atoms with Crippen molar-refractivity contribution in [2.75, 3.05) is 0 Å². The van der Waals surface area contributed by atoms with Crippen LogP contribution < -0.4 is 4.72 Å². The number of aromatic amines is 1. The van der Waals surface area contributed by atoms with Gasteiger partial charge >= 0.3 is 0 Å². The van der Waals surface area contributed by atoms with Gasteiger partial charge in [0.2, 0.25) is 10.0 Å². The standard InChI is InChI=1S/C18H15BrF2N2O2S/c19-10-7-8-15-12(9-10)11-3-1-6-16(17(11)22-15)23-26(24,25)18-13(20)4-2-5-14(18)21/h2,4-5,7-9,16,22-23H,1,3,6H2. The zero-order valence-electron chi connectivity index (χ0n) is 13.5. The number of sulfonamides is 1. The quantitative estimate of drug-likeness (QED) is 0.626. The van der Waals surface area contributed by atoms with Gasteiger partial charge in [0, 0.05) is 21.1 Å². The number of aryl methyl sites for hydroxylation is 1. The minimum absolute atomic E-state index is 0.552. The maximum absolute atomic E-state index is 13.9. The Morgan fingerprint density at radius 3 is 2.62 bits per heavy atom. The zero-order valence-corrected chi connectivity index (χ0v) is 15.9. The molecule has 3 aromatic rings. The lowest BCUT2D eigenvalue weighted by atomic mass is 9.92. The second kappa shape index (κ2) is 6.44.